The van der Waals surface area contributed by atoms with Gasteiger partial charge >= 0.3 is 0 Å². The molecule has 15 heavy (non-hydrogen) atoms. The molecule has 0 bridgehead atoms. The SMILES string of the molecule is CC(C)CCS(=O)(=O)N(C)CCC(C)O. The van der Waals surface area contributed by atoms with Gasteiger partial charge in [0.15, 0.2) is 0 Å². The maximum atomic E-state index is 11.7. The molecule has 0 aromatic rings. The highest BCUT2D eigenvalue weighted by molar-refractivity contribution is 7.89. The average Bonchev–Trinajstić information content (AvgIpc) is 2.11. The number of aliphatic hydroxyl groups excluding tert-OH is 1. The van der Waals surface area contributed by atoms with Gasteiger partial charge in [-0.3, -0.25) is 0 Å². The molecular formula is C10H23NO3S. The van der Waals surface area contributed by atoms with Gasteiger partial charge in [-0.15, -0.1) is 0 Å². The fraction of sp³-hybridized carbons (Fsp3) is 1.00. The van der Waals surface area contributed by atoms with Gasteiger partial charge in [0.05, 0.1) is 11.9 Å². The highest BCUT2D eigenvalue weighted by atomic mass is 32.2. The molecule has 0 heterocycles. The summed E-state index contributed by atoms with van der Waals surface area (Å²) in [5, 5.41) is 9.06. The fourth-order valence-corrected chi connectivity index (χ4v) is 2.51. The van der Waals surface area contributed by atoms with Crippen LogP contribution >= 0.6 is 0 Å². The van der Waals surface area contributed by atoms with Gasteiger partial charge < -0.3 is 5.11 Å². The van der Waals surface area contributed by atoms with Crippen LogP contribution in [0.2, 0.25) is 0 Å². The second-order valence-corrected chi connectivity index (χ2v) is 6.65. The molecule has 0 fully saturated rings. The lowest BCUT2D eigenvalue weighted by Gasteiger charge is -2.18. The van der Waals surface area contributed by atoms with Crippen LogP contribution in [0.3, 0.4) is 0 Å². The topological polar surface area (TPSA) is 57.6 Å². The Balaban J connectivity index is 4.09. The van der Waals surface area contributed by atoms with Crippen LogP contribution in [0.25, 0.3) is 0 Å². The third-order valence-electron chi connectivity index (χ3n) is 2.29. The normalized spacial score (nSPS) is 14.9. The Labute approximate surface area is 93.3 Å². The first-order chi connectivity index (χ1) is 6.75. The van der Waals surface area contributed by atoms with Crippen molar-refractivity contribution < 1.29 is 13.5 Å². The maximum Gasteiger partial charge on any atom is 0.213 e. The van der Waals surface area contributed by atoms with Crippen LogP contribution in [0.4, 0.5) is 0 Å². The fourth-order valence-electron chi connectivity index (χ4n) is 1.05. The van der Waals surface area contributed by atoms with Crippen LogP contribution in [0.5, 0.6) is 0 Å². The number of hydrogen-bond acceptors (Lipinski definition) is 3. The van der Waals surface area contributed by atoms with Crippen molar-refractivity contribution in [2.75, 3.05) is 19.3 Å². The minimum Gasteiger partial charge on any atom is -0.393 e. The van der Waals surface area contributed by atoms with Gasteiger partial charge in [-0.2, -0.15) is 0 Å². The van der Waals surface area contributed by atoms with E-state index in [0.717, 1.165) is 0 Å². The van der Waals surface area contributed by atoms with Gasteiger partial charge in [0, 0.05) is 13.6 Å². The van der Waals surface area contributed by atoms with E-state index in [0.29, 0.717) is 25.3 Å². The zero-order valence-electron chi connectivity index (χ0n) is 10.1. The summed E-state index contributed by atoms with van der Waals surface area (Å²) in [5.41, 5.74) is 0. The van der Waals surface area contributed by atoms with Gasteiger partial charge in [-0.1, -0.05) is 13.8 Å². The van der Waals surface area contributed by atoms with Crippen molar-refractivity contribution in [1.82, 2.24) is 4.31 Å². The smallest absolute Gasteiger partial charge is 0.213 e. The Morgan fingerprint density at radius 2 is 1.73 bits per heavy atom. The number of hydrogen-bond donors (Lipinski definition) is 1. The lowest BCUT2D eigenvalue weighted by molar-refractivity contribution is 0.177. The van der Waals surface area contributed by atoms with E-state index in [1.807, 2.05) is 13.8 Å². The zero-order chi connectivity index (χ0) is 12.1. The van der Waals surface area contributed by atoms with E-state index in [1.165, 1.54) is 4.31 Å². The third-order valence-corrected chi connectivity index (χ3v) is 4.17. The van der Waals surface area contributed by atoms with Crippen LogP contribution in [-0.2, 0) is 10.0 Å². The molecule has 0 spiro atoms. The number of rotatable bonds is 7. The Morgan fingerprint density at radius 3 is 2.13 bits per heavy atom. The number of nitrogens with zero attached hydrogens (tertiary/aromatic N) is 1. The summed E-state index contributed by atoms with van der Waals surface area (Å²) in [4.78, 5) is 0. The molecule has 0 saturated carbocycles. The molecule has 1 unspecified atom stereocenters. The van der Waals surface area contributed by atoms with Gasteiger partial charge in [-0.25, -0.2) is 12.7 Å². The predicted octanol–water partition coefficient (Wildman–Crippen LogP) is 1.07. The molecular weight excluding hydrogens is 214 g/mol. The monoisotopic (exact) mass is 237 g/mol. The summed E-state index contributed by atoms with van der Waals surface area (Å²) in [6, 6.07) is 0. The van der Waals surface area contributed by atoms with Gasteiger partial charge in [0.2, 0.25) is 10.0 Å². The quantitative estimate of drug-likeness (QED) is 0.720. The van der Waals surface area contributed by atoms with Gasteiger partial charge in [-0.05, 0) is 25.7 Å². The summed E-state index contributed by atoms with van der Waals surface area (Å²) >= 11 is 0. The van der Waals surface area contributed by atoms with Crippen molar-refractivity contribution >= 4 is 10.0 Å². The Bertz CT molecular complexity index is 260. The standard InChI is InChI=1S/C10H23NO3S/c1-9(2)6-8-15(13,14)11(4)7-5-10(3)12/h9-10,12H,5-8H2,1-4H3. The highest BCUT2D eigenvalue weighted by Crippen LogP contribution is 2.07. The largest absolute Gasteiger partial charge is 0.393 e. The lowest BCUT2D eigenvalue weighted by atomic mass is 10.2. The molecule has 0 aliphatic rings. The van der Waals surface area contributed by atoms with Crippen LogP contribution < -0.4 is 0 Å². The second kappa shape index (κ2) is 6.45. The van der Waals surface area contributed by atoms with E-state index in [1.54, 1.807) is 14.0 Å². The molecule has 0 saturated heterocycles. The summed E-state index contributed by atoms with van der Waals surface area (Å²) in [5.74, 6) is 0.589. The minimum atomic E-state index is -3.13. The molecule has 0 aliphatic carbocycles. The molecule has 1 N–H and O–H groups in total. The first kappa shape index (κ1) is 14.9. The summed E-state index contributed by atoms with van der Waals surface area (Å²) in [6.45, 7) is 6.06. The predicted molar refractivity (Wildman–Crippen MR) is 62.2 cm³/mol. The van der Waals surface area contributed by atoms with Crippen molar-refractivity contribution in [3.05, 3.63) is 0 Å². The van der Waals surface area contributed by atoms with E-state index in [2.05, 4.69) is 0 Å². The van der Waals surface area contributed by atoms with Gasteiger partial charge in [0.25, 0.3) is 0 Å². The molecule has 0 radical (unpaired) electrons. The molecule has 4 nitrogen and oxygen atoms in total. The molecule has 0 aliphatic heterocycles. The minimum absolute atomic E-state index is 0.195. The van der Waals surface area contributed by atoms with Crippen LogP contribution in [0, 0.1) is 5.92 Å². The molecule has 0 aromatic carbocycles. The summed E-state index contributed by atoms with van der Waals surface area (Å²) in [7, 11) is -1.56. The Kier molecular flexibility index (Phi) is 6.40. The first-order valence-corrected chi connectivity index (χ1v) is 6.98. The van der Waals surface area contributed by atoms with E-state index < -0.39 is 16.1 Å². The van der Waals surface area contributed by atoms with Crippen molar-refractivity contribution in [3.8, 4) is 0 Å². The van der Waals surface area contributed by atoms with E-state index in [9.17, 15) is 8.42 Å². The highest BCUT2D eigenvalue weighted by Gasteiger charge is 2.18. The van der Waals surface area contributed by atoms with Crippen molar-refractivity contribution in [2.45, 2.75) is 39.7 Å². The van der Waals surface area contributed by atoms with Crippen LogP contribution in [-0.4, -0.2) is 43.3 Å². The van der Waals surface area contributed by atoms with Crippen molar-refractivity contribution in [1.29, 1.82) is 0 Å². The molecule has 0 aromatic heterocycles. The van der Waals surface area contributed by atoms with E-state index in [4.69, 9.17) is 5.11 Å². The van der Waals surface area contributed by atoms with Gasteiger partial charge in [0.1, 0.15) is 0 Å². The van der Waals surface area contributed by atoms with Crippen molar-refractivity contribution in [2.24, 2.45) is 5.92 Å². The van der Waals surface area contributed by atoms with Crippen molar-refractivity contribution in [3.63, 3.8) is 0 Å². The Hall–Kier alpha value is -0.130. The van der Waals surface area contributed by atoms with E-state index >= 15 is 0 Å². The van der Waals surface area contributed by atoms with Crippen LogP contribution in [0.1, 0.15) is 33.6 Å². The lowest BCUT2D eigenvalue weighted by Crippen LogP contribution is -2.31. The molecule has 0 rings (SSSR count). The number of aliphatic hydroxyl groups is 1. The summed E-state index contributed by atoms with van der Waals surface area (Å²) < 4.78 is 24.7. The zero-order valence-corrected chi connectivity index (χ0v) is 10.9. The molecule has 0 amide bonds. The number of sulfonamides is 1. The summed E-state index contributed by atoms with van der Waals surface area (Å²) in [6.07, 6.45) is 0.714. The van der Waals surface area contributed by atoms with E-state index in [-0.39, 0.29) is 5.75 Å². The molecule has 92 valence electrons. The second-order valence-electron chi connectivity index (χ2n) is 4.46. The molecule has 1 atom stereocenters. The molecule has 5 heteroatoms. The maximum absolute atomic E-state index is 11.7. The third kappa shape index (κ3) is 6.87. The average molecular weight is 237 g/mol. The first-order valence-electron chi connectivity index (χ1n) is 5.37. The van der Waals surface area contributed by atoms with Crippen LogP contribution in [0.15, 0.2) is 0 Å². The Morgan fingerprint density at radius 1 is 1.20 bits per heavy atom.